The predicted molar refractivity (Wildman–Crippen MR) is 354 cm³/mol. The molecule has 6 atom stereocenters. The maximum atomic E-state index is 13.0. The first kappa shape index (κ1) is 86.1. The lowest BCUT2D eigenvalue weighted by molar-refractivity contribution is -0.161. The molecule has 522 valence electrons. The molecule has 0 aromatic heterocycles. The number of hydrogen-bond acceptors (Lipinski definition) is 15. The van der Waals surface area contributed by atoms with Crippen LogP contribution in [0.5, 0.6) is 0 Å². The third kappa shape index (κ3) is 61.6. The van der Waals surface area contributed by atoms with Gasteiger partial charge in [-0.3, -0.25) is 37.3 Å². The Bertz CT molecular complexity index is 1720. The van der Waals surface area contributed by atoms with Crippen LogP contribution in [-0.2, 0) is 65.4 Å². The van der Waals surface area contributed by atoms with Crippen molar-refractivity contribution >= 4 is 39.5 Å². The number of ether oxygens (including phenoxy) is 4. The molecule has 0 rings (SSSR count). The van der Waals surface area contributed by atoms with Gasteiger partial charge in [0.15, 0.2) is 12.2 Å². The van der Waals surface area contributed by atoms with Crippen molar-refractivity contribution < 1.29 is 80.2 Å². The van der Waals surface area contributed by atoms with Gasteiger partial charge < -0.3 is 33.8 Å². The number of hydrogen-bond donors (Lipinski definition) is 3. The summed E-state index contributed by atoms with van der Waals surface area (Å²) in [4.78, 5) is 72.5. The summed E-state index contributed by atoms with van der Waals surface area (Å²) in [6.45, 7) is 9.52. The highest BCUT2D eigenvalue weighted by Gasteiger charge is 2.30. The van der Waals surface area contributed by atoms with Crippen LogP contribution in [0.4, 0.5) is 0 Å². The van der Waals surface area contributed by atoms with Gasteiger partial charge >= 0.3 is 39.5 Å². The smallest absolute Gasteiger partial charge is 0.462 e. The Hall–Kier alpha value is -1.94. The molecule has 3 N–H and O–H groups in total. The molecule has 0 aliphatic carbocycles. The van der Waals surface area contributed by atoms with E-state index in [-0.39, 0.29) is 25.7 Å². The number of aliphatic hydroxyl groups is 1. The fourth-order valence-electron chi connectivity index (χ4n) is 10.4. The van der Waals surface area contributed by atoms with Gasteiger partial charge in [-0.2, -0.15) is 0 Å². The summed E-state index contributed by atoms with van der Waals surface area (Å²) in [6, 6.07) is 0. The van der Waals surface area contributed by atoms with Gasteiger partial charge in [-0.25, -0.2) is 9.13 Å². The van der Waals surface area contributed by atoms with E-state index in [9.17, 15) is 43.2 Å². The maximum absolute atomic E-state index is 13.0. The first-order chi connectivity index (χ1) is 42.4. The summed E-state index contributed by atoms with van der Waals surface area (Å²) in [5.41, 5.74) is 0. The number of carbonyl (C=O) groups is 4. The summed E-state index contributed by atoms with van der Waals surface area (Å²) in [6.07, 6.45) is 45.7. The fourth-order valence-corrected chi connectivity index (χ4v) is 12.0. The Morgan fingerprint density at radius 1 is 0.330 bits per heavy atom. The molecule has 17 nitrogen and oxygen atoms in total. The Morgan fingerprint density at radius 2 is 0.580 bits per heavy atom. The zero-order valence-electron chi connectivity index (χ0n) is 57.0. The van der Waals surface area contributed by atoms with Crippen molar-refractivity contribution in [1.82, 2.24) is 0 Å². The Kier molecular flexibility index (Phi) is 59.9. The zero-order valence-corrected chi connectivity index (χ0v) is 58.8. The van der Waals surface area contributed by atoms with E-state index in [1.807, 2.05) is 0 Å². The monoisotopic (exact) mass is 1300 g/mol. The van der Waals surface area contributed by atoms with Crippen LogP contribution in [0.2, 0.25) is 0 Å². The molecule has 88 heavy (non-hydrogen) atoms. The number of rotatable bonds is 68. The molecule has 0 aromatic rings. The molecule has 0 heterocycles. The normalized spacial score (nSPS) is 14.5. The highest BCUT2D eigenvalue weighted by Crippen LogP contribution is 2.45. The van der Waals surface area contributed by atoms with E-state index >= 15 is 0 Å². The standard InChI is InChI=1S/C69H134O17P2/c1-7-10-12-14-16-18-19-20-21-22-28-35-41-47-53-68(73)85-64(58-80-67(72)52-46-40-34-27-24-23-26-31-37-43-49-61(4)5)59-83-87(75,76)81-55-63(70)56-82-88(77,78)84-60-65(57-79-66(71)51-45-39-33-25-17-15-13-11-8-2)86-69(74)54-48-42-36-30-29-32-38-44-50-62(6)9-3/h61-65,70H,7-60H2,1-6H3,(H,75,76)(H,77,78)/t62?,63-,64-,65-/m1/s1. The second-order valence-corrected chi connectivity index (χ2v) is 28.5. The van der Waals surface area contributed by atoms with E-state index in [2.05, 4.69) is 41.5 Å². The number of phosphoric ester groups is 2. The number of carbonyl (C=O) groups excluding carboxylic acids is 4. The van der Waals surface area contributed by atoms with Gasteiger partial charge in [0.2, 0.25) is 0 Å². The average Bonchev–Trinajstić information content (AvgIpc) is 3.71. The average molecular weight is 1300 g/mol. The maximum Gasteiger partial charge on any atom is 0.472 e. The molecule has 0 amide bonds. The largest absolute Gasteiger partial charge is 0.472 e. The zero-order chi connectivity index (χ0) is 65.0. The quantitative estimate of drug-likeness (QED) is 0.0222. The number of aliphatic hydroxyl groups excluding tert-OH is 1. The van der Waals surface area contributed by atoms with Crippen LogP contribution in [0.25, 0.3) is 0 Å². The second kappa shape index (κ2) is 61.3. The predicted octanol–water partition coefficient (Wildman–Crippen LogP) is 19.6. The molecular weight excluding hydrogens is 1160 g/mol. The van der Waals surface area contributed by atoms with Gasteiger partial charge in [0, 0.05) is 25.7 Å². The van der Waals surface area contributed by atoms with Crippen LogP contribution < -0.4 is 0 Å². The van der Waals surface area contributed by atoms with Gasteiger partial charge in [0.25, 0.3) is 0 Å². The van der Waals surface area contributed by atoms with Crippen molar-refractivity contribution in [1.29, 1.82) is 0 Å². The van der Waals surface area contributed by atoms with Gasteiger partial charge in [0.05, 0.1) is 26.4 Å². The van der Waals surface area contributed by atoms with E-state index in [0.29, 0.717) is 25.7 Å². The molecular formula is C69H134O17P2. The fraction of sp³-hybridized carbons (Fsp3) is 0.942. The van der Waals surface area contributed by atoms with Crippen LogP contribution >= 0.6 is 15.6 Å². The molecule has 0 bridgehead atoms. The van der Waals surface area contributed by atoms with Gasteiger partial charge in [-0.1, -0.05) is 298 Å². The van der Waals surface area contributed by atoms with E-state index < -0.39 is 97.5 Å². The van der Waals surface area contributed by atoms with Crippen LogP contribution in [-0.4, -0.2) is 96.7 Å². The van der Waals surface area contributed by atoms with Crippen LogP contribution in [0.3, 0.4) is 0 Å². The first-order valence-corrected chi connectivity index (χ1v) is 39.0. The topological polar surface area (TPSA) is 237 Å². The van der Waals surface area contributed by atoms with E-state index in [0.717, 1.165) is 102 Å². The highest BCUT2D eigenvalue weighted by molar-refractivity contribution is 7.47. The Balaban J connectivity index is 5.25. The van der Waals surface area contributed by atoms with Crippen molar-refractivity contribution in [2.75, 3.05) is 39.6 Å². The molecule has 0 radical (unpaired) electrons. The van der Waals surface area contributed by atoms with Crippen LogP contribution in [0.1, 0.15) is 350 Å². The summed E-state index contributed by atoms with van der Waals surface area (Å²) in [5, 5.41) is 10.6. The molecule has 0 aliphatic heterocycles. The molecule has 3 unspecified atom stereocenters. The lowest BCUT2D eigenvalue weighted by Crippen LogP contribution is -2.30. The minimum Gasteiger partial charge on any atom is -0.462 e. The van der Waals surface area contributed by atoms with Gasteiger partial charge in [-0.05, 0) is 37.5 Å². The van der Waals surface area contributed by atoms with Crippen LogP contribution in [0.15, 0.2) is 0 Å². The third-order valence-electron chi connectivity index (χ3n) is 16.3. The van der Waals surface area contributed by atoms with Crippen LogP contribution in [0, 0.1) is 11.8 Å². The number of phosphoric acid groups is 2. The molecule has 0 saturated carbocycles. The minimum atomic E-state index is -4.95. The lowest BCUT2D eigenvalue weighted by Gasteiger charge is -2.21. The summed E-state index contributed by atoms with van der Waals surface area (Å²) in [7, 11) is -9.90. The van der Waals surface area contributed by atoms with E-state index in [4.69, 9.17) is 37.0 Å². The molecule has 0 aromatic carbocycles. The highest BCUT2D eigenvalue weighted by atomic mass is 31.2. The lowest BCUT2D eigenvalue weighted by atomic mass is 9.99. The van der Waals surface area contributed by atoms with E-state index in [1.165, 1.54) is 167 Å². The second-order valence-electron chi connectivity index (χ2n) is 25.6. The third-order valence-corrected chi connectivity index (χ3v) is 18.2. The van der Waals surface area contributed by atoms with Crippen molar-refractivity contribution in [3.63, 3.8) is 0 Å². The van der Waals surface area contributed by atoms with Crippen molar-refractivity contribution in [3.8, 4) is 0 Å². The molecule has 0 spiro atoms. The van der Waals surface area contributed by atoms with Gasteiger partial charge in [-0.15, -0.1) is 0 Å². The number of esters is 4. The summed E-state index contributed by atoms with van der Waals surface area (Å²) >= 11 is 0. The SMILES string of the molecule is CCCCCCCCCCCCCCCCC(=O)O[C@H](COC(=O)CCCCCCCCCCCCC(C)C)COP(=O)(O)OC[C@@H](O)COP(=O)(O)OC[C@@H](COC(=O)CCCCCCCCCCC)OC(=O)CCCCCCCCCCC(C)CC. The number of unbranched alkanes of at least 4 members (excludes halogenated alkanes) is 37. The van der Waals surface area contributed by atoms with E-state index in [1.54, 1.807) is 0 Å². The molecule has 0 saturated heterocycles. The summed E-state index contributed by atoms with van der Waals surface area (Å²) < 4.78 is 68.2. The summed E-state index contributed by atoms with van der Waals surface area (Å²) in [5.74, 6) is -0.598. The van der Waals surface area contributed by atoms with Crippen molar-refractivity contribution in [2.45, 2.75) is 368 Å². The molecule has 0 fully saturated rings. The minimum absolute atomic E-state index is 0.105. The van der Waals surface area contributed by atoms with Crippen molar-refractivity contribution in [3.05, 3.63) is 0 Å². The molecule has 0 aliphatic rings. The Morgan fingerprint density at radius 3 is 0.864 bits per heavy atom. The van der Waals surface area contributed by atoms with Gasteiger partial charge in [0.1, 0.15) is 19.3 Å². The van der Waals surface area contributed by atoms with Crippen molar-refractivity contribution in [2.24, 2.45) is 11.8 Å². The molecule has 19 heteroatoms. The Labute approximate surface area is 537 Å². The first-order valence-electron chi connectivity index (χ1n) is 36.0.